The van der Waals surface area contributed by atoms with E-state index in [-0.39, 0.29) is 11.2 Å². The van der Waals surface area contributed by atoms with Gasteiger partial charge in [0, 0.05) is 39.3 Å². The number of nitrogens with one attached hydrogen (secondary N) is 1. The first kappa shape index (κ1) is 14.3. The number of rotatable bonds is 5. The van der Waals surface area contributed by atoms with Gasteiger partial charge in [-0.2, -0.15) is 0 Å². The smallest absolute Gasteiger partial charge is 0.106 e. The largest absolute Gasteiger partial charge is 0.378 e. The Morgan fingerprint density at radius 1 is 1.39 bits per heavy atom. The zero-order chi connectivity index (χ0) is 13.1. The fourth-order valence-electron chi connectivity index (χ4n) is 2.84. The van der Waals surface area contributed by atoms with Gasteiger partial charge >= 0.3 is 0 Å². The fourth-order valence-corrected chi connectivity index (χ4v) is 2.84. The lowest BCUT2D eigenvalue weighted by Gasteiger charge is -2.39. The second kappa shape index (κ2) is 5.87. The minimum Gasteiger partial charge on any atom is -0.378 e. The summed E-state index contributed by atoms with van der Waals surface area (Å²) in [4.78, 5) is 0. The van der Waals surface area contributed by atoms with Crippen LogP contribution in [0.4, 0.5) is 0 Å². The average molecular weight is 257 g/mol. The van der Waals surface area contributed by atoms with E-state index in [9.17, 15) is 0 Å². The maximum absolute atomic E-state index is 5.87. The quantitative estimate of drug-likeness (QED) is 0.814. The van der Waals surface area contributed by atoms with E-state index in [4.69, 9.17) is 14.2 Å². The normalized spacial score (nSPS) is 41.2. The Kier molecular flexibility index (Phi) is 4.64. The molecule has 18 heavy (non-hydrogen) atoms. The topological polar surface area (TPSA) is 39.7 Å². The number of methoxy groups -OCH3 is 1. The van der Waals surface area contributed by atoms with E-state index in [2.05, 4.69) is 19.2 Å². The summed E-state index contributed by atoms with van der Waals surface area (Å²) in [6, 6.07) is 0.538. The highest BCUT2D eigenvalue weighted by molar-refractivity contribution is 4.91. The fraction of sp³-hybridized carbons (Fsp3) is 1.00. The molecule has 4 heteroatoms. The molecule has 0 aromatic rings. The number of ether oxygens (including phenoxy) is 3. The molecular weight excluding hydrogens is 230 g/mol. The SMILES string of the molecule is CCC1(C)CC(NCC2(OC)CCOC2)CCO1. The molecule has 1 N–H and O–H groups in total. The molecule has 0 amide bonds. The molecule has 0 saturated carbocycles. The van der Waals surface area contributed by atoms with E-state index in [0.29, 0.717) is 12.6 Å². The van der Waals surface area contributed by atoms with Crippen LogP contribution in [0.15, 0.2) is 0 Å². The van der Waals surface area contributed by atoms with Crippen molar-refractivity contribution in [1.29, 1.82) is 0 Å². The molecule has 2 aliphatic rings. The monoisotopic (exact) mass is 257 g/mol. The summed E-state index contributed by atoms with van der Waals surface area (Å²) in [5.41, 5.74) is -0.0662. The second-order valence-electron chi connectivity index (χ2n) is 5.91. The van der Waals surface area contributed by atoms with Gasteiger partial charge in [0.1, 0.15) is 5.60 Å². The molecule has 2 aliphatic heterocycles. The Morgan fingerprint density at radius 2 is 2.22 bits per heavy atom. The Balaban J connectivity index is 1.82. The Morgan fingerprint density at radius 3 is 2.83 bits per heavy atom. The van der Waals surface area contributed by atoms with Gasteiger partial charge in [0.2, 0.25) is 0 Å². The molecule has 0 aliphatic carbocycles. The standard InChI is InChI=1S/C14H27NO3/c1-4-13(2)9-12(5-7-18-13)15-10-14(16-3)6-8-17-11-14/h12,15H,4-11H2,1-3H3. The molecule has 3 unspecified atom stereocenters. The van der Waals surface area contributed by atoms with E-state index >= 15 is 0 Å². The van der Waals surface area contributed by atoms with Gasteiger partial charge in [0.25, 0.3) is 0 Å². The first-order chi connectivity index (χ1) is 8.61. The molecule has 0 aromatic carbocycles. The van der Waals surface area contributed by atoms with Crippen LogP contribution in [-0.2, 0) is 14.2 Å². The predicted octanol–water partition coefficient (Wildman–Crippen LogP) is 1.73. The summed E-state index contributed by atoms with van der Waals surface area (Å²) in [5.74, 6) is 0. The highest BCUT2D eigenvalue weighted by Crippen LogP contribution is 2.28. The zero-order valence-corrected chi connectivity index (χ0v) is 12.0. The van der Waals surface area contributed by atoms with Gasteiger partial charge in [-0.3, -0.25) is 0 Å². The lowest BCUT2D eigenvalue weighted by atomic mass is 9.89. The molecule has 2 fully saturated rings. The van der Waals surface area contributed by atoms with E-state index in [1.165, 1.54) is 0 Å². The predicted molar refractivity (Wildman–Crippen MR) is 70.8 cm³/mol. The molecule has 0 spiro atoms. The lowest BCUT2D eigenvalue weighted by Crippen LogP contribution is -2.51. The molecule has 3 atom stereocenters. The molecule has 2 heterocycles. The summed E-state index contributed by atoms with van der Waals surface area (Å²) in [6.45, 7) is 7.68. The summed E-state index contributed by atoms with van der Waals surface area (Å²) in [5, 5.41) is 3.66. The molecule has 4 nitrogen and oxygen atoms in total. The molecule has 0 aromatic heterocycles. The van der Waals surface area contributed by atoms with E-state index in [0.717, 1.165) is 45.4 Å². The van der Waals surface area contributed by atoms with Crippen molar-refractivity contribution in [3.8, 4) is 0 Å². The van der Waals surface area contributed by atoms with Crippen molar-refractivity contribution in [3.05, 3.63) is 0 Å². The third-order valence-corrected chi connectivity index (χ3v) is 4.56. The van der Waals surface area contributed by atoms with Crippen LogP contribution in [0.5, 0.6) is 0 Å². The van der Waals surface area contributed by atoms with E-state index in [1.807, 2.05) is 0 Å². The minimum absolute atomic E-state index is 0.0440. The van der Waals surface area contributed by atoms with E-state index in [1.54, 1.807) is 7.11 Å². The second-order valence-corrected chi connectivity index (χ2v) is 5.91. The molecule has 106 valence electrons. The molecule has 0 radical (unpaired) electrons. The number of hydrogen-bond donors (Lipinski definition) is 1. The maximum Gasteiger partial charge on any atom is 0.106 e. The van der Waals surface area contributed by atoms with Gasteiger partial charge in [-0.15, -0.1) is 0 Å². The Hall–Kier alpha value is -0.160. The van der Waals surface area contributed by atoms with Crippen LogP contribution in [-0.4, -0.2) is 50.7 Å². The van der Waals surface area contributed by atoms with Crippen LogP contribution in [0.1, 0.15) is 39.5 Å². The van der Waals surface area contributed by atoms with Crippen molar-refractivity contribution in [2.75, 3.05) is 33.5 Å². The van der Waals surface area contributed by atoms with Crippen LogP contribution >= 0.6 is 0 Å². The van der Waals surface area contributed by atoms with Crippen molar-refractivity contribution in [1.82, 2.24) is 5.32 Å². The Labute approximate surface area is 110 Å². The number of hydrogen-bond acceptors (Lipinski definition) is 4. The van der Waals surface area contributed by atoms with Gasteiger partial charge in [0.15, 0.2) is 0 Å². The highest BCUT2D eigenvalue weighted by Gasteiger charge is 2.37. The maximum atomic E-state index is 5.87. The van der Waals surface area contributed by atoms with Crippen molar-refractivity contribution in [3.63, 3.8) is 0 Å². The summed E-state index contributed by atoms with van der Waals surface area (Å²) in [7, 11) is 1.79. The highest BCUT2D eigenvalue weighted by atomic mass is 16.5. The molecule has 0 bridgehead atoms. The first-order valence-electron chi connectivity index (χ1n) is 7.12. The van der Waals surface area contributed by atoms with Crippen LogP contribution in [0.2, 0.25) is 0 Å². The van der Waals surface area contributed by atoms with Gasteiger partial charge < -0.3 is 19.5 Å². The van der Waals surface area contributed by atoms with Gasteiger partial charge in [-0.1, -0.05) is 6.92 Å². The van der Waals surface area contributed by atoms with Crippen molar-refractivity contribution < 1.29 is 14.2 Å². The molecular formula is C14H27NO3. The average Bonchev–Trinajstić information content (AvgIpc) is 2.86. The Bertz CT molecular complexity index is 266. The van der Waals surface area contributed by atoms with Crippen molar-refractivity contribution in [2.45, 2.75) is 56.8 Å². The zero-order valence-electron chi connectivity index (χ0n) is 12.0. The minimum atomic E-state index is -0.110. The lowest BCUT2D eigenvalue weighted by molar-refractivity contribution is -0.0823. The molecule has 2 rings (SSSR count). The van der Waals surface area contributed by atoms with Crippen molar-refractivity contribution in [2.24, 2.45) is 0 Å². The first-order valence-corrected chi connectivity index (χ1v) is 7.12. The third-order valence-electron chi connectivity index (χ3n) is 4.56. The van der Waals surface area contributed by atoms with Gasteiger partial charge in [0.05, 0.1) is 12.2 Å². The summed E-state index contributed by atoms with van der Waals surface area (Å²) < 4.78 is 17.0. The van der Waals surface area contributed by atoms with Crippen LogP contribution in [0.25, 0.3) is 0 Å². The molecule has 2 saturated heterocycles. The van der Waals surface area contributed by atoms with Crippen LogP contribution in [0.3, 0.4) is 0 Å². The van der Waals surface area contributed by atoms with Gasteiger partial charge in [-0.05, 0) is 26.2 Å². The van der Waals surface area contributed by atoms with Gasteiger partial charge in [-0.25, -0.2) is 0 Å². The van der Waals surface area contributed by atoms with E-state index < -0.39 is 0 Å². The summed E-state index contributed by atoms with van der Waals surface area (Å²) in [6.07, 6.45) is 4.24. The third kappa shape index (κ3) is 3.23. The van der Waals surface area contributed by atoms with Crippen LogP contribution < -0.4 is 5.32 Å². The summed E-state index contributed by atoms with van der Waals surface area (Å²) >= 11 is 0. The van der Waals surface area contributed by atoms with Crippen LogP contribution in [0, 0.1) is 0 Å². The van der Waals surface area contributed by atoms with Crippen molar-refractivity contribution >= 4 is 0 Å².